The van der Waals surface area contributed by atoms with E-state index in [4.69, 9.17) is 4.74 Å². The molecule has 0 saturated heterocycles. The second kappa shape index (κ2) is 6.04. The van der Waals surface area contributed by atoms with Gasteiger partial charge in [0.05, 0.1) is 11.1 Å². The lowest BCUT2D eigenvalue weighted by Crippen LogP contribution is -2.01. The Bertz CT molecular complexity index is 867. The molecule has 0 radical (unpaired) electrons. The summed E-state index contributed by atoms with van der Waals surface area (Å²) in [6.45, 7) is 2.88. The van der Waals surface area contributed by atoms with Crippen LogP contribution in [0.5, 0.6) is 11.5 Å². The Morgan fingerprint density at radius 2 is 1.96 bits per heavy atom. The maximum atomic E-state index is 11.4. The van der Waals surface area contributed by atoms with E-state index in [2.05, 4.69) is 0 Å². The number of aromatic carboxylic acids is 1. The minimum Gasteiger partial charge on any atom is -0.504 e. The van der Waals surface area contributed by atoms with Gasteiger partial charge in [0.25, 0.3) is 0 Å². The number of carboxylic acid groups (broad SMARTS) is 1. The zero-order valence-electron chi connectivity index (χ0n) is 12.7. The first-order valence-electron chi connectivity index (χ1n) is 7.36. The number of phenolic OH excluding ortho intramolecular Hbond substituents is 1. The SMILES string of the molecule is CCn1cc(COc2ccccc2O)c2cccc(C(=O)O)c21. The molecule has 0 fully saturated rings. The summed E-state index contributed by atoms with van der Waals surface area (Å²) in [5.74, 6) is -0.464. The van der Waals surface area contributed by atoms with Crippen molar-refractivity contribution in [1.29, 1.82) is 0 Å². The number of benzene rings is 2. The highest BCUT2D eigenvalue weighted by Crippen LogP contribution is 2.29. The second-order valence-corrected chi connectivity index (χ2v) is 5.20. The second-order valence-electron chi connectivity index (χ2n) is 5.20. The molecule has 118 valence electrons. The molecule has 0 unspecified atom stereocenters. The average Bonchev–Trinajstić information content (AvgIpc) is 2.92. The number of nitrogens with zero attached hydrogens (tertiary/aromatic N) is 1. The van der Waals surface area contributed by atoms with Gasteiger partial charge in [-0.15, -0.1) is 0 Å². The summed E-state index contributed by atoms with van der Waals surface area (Å²) in [7, 11) is 0. The van der Waals surface area contributed by atoms with Crippen molar-refractivity contribution < 1.29 is 19.7 Å². The van der Waals surface area contributed by atoms with Crippen molar-refractivity contribution in [2.24, 2.45) is 0 Å². The number of carboxylic acids is 1. The molecule has 0 amide bonds. The molecule has 2 aromatic carbocycles. The smallest absolute Gasteiger partial charge is 0.337 e. The number of aromatic nitrogens is 1. The van der Waals surface area contributed by atoms with Crippen molar-refractivity contribution in [1.82, 2.24) is 4.57 Å². The number of ether oxygens (including phenoxy) is 1. The quantitative estimate of drug-likeness (QED) is 0.754. The van der Waals surface area contributed by atoms with Crippen LogP contribution in [0.25, 0.3) is 10.9 Å². The summed E-state index contributed by atoms with van der Waals surface area (Å²) in [5, 5.41) is 20.0. The lowest BCUT2D eigenvalue weighted by molar-refractivity contribution is 0.0698. The minimum absolute atomic E-state index is 0.0814. The van der Waals surface area contributed by atoms with Gasteiger partial charge in [-0.25, -0.2) is 4.79 Å². The Kier molecular flexibility index (Phi) is 3.93. The molecule has 0 saturated carbocycles. The number of aryl methyl sites for hydroxylation is 1. The predicted molar refractivity (Wildman–Crippen MR) is 87.0 cm³/mol. The maximum Gasteiger partial charge on any atom is 0.337 e. The molecule has 0 aliphatic carbocycles. The van der Waals surface area contributed by atoms with Gasteiger partial charge in [0.15, 0.2) is 11.5 Å². The van der Waals surface area contributed by atoms with Crippen LogP contribution >= 0.6 is 0 Å². The molecular formula is C18H17NO4. The molecule has 0 aliphatic heterocycles. The minimum atomic E-state index is -0.948. The highest BCUT2D eigenvalue weighted by atomic mass is 16.5. The molecule has 5 nitrogen and oxygen atoms in total. The highest BCUT2D eigenvalue weighted by Gasteiger charge is 2.16. The van der Waals surface area contributed by atoms with Crippen molar-refractivity contribution in [3.05, 3.63) is 59.8 Å². The Balaban J connectivity index is 2.00. The van der Waals surface area contributed by atoms with E-state index in [9.17, 15) is 15.0 Å². The molecule has 0 aliphatic rings. The fraction of sp³-hybridized carbons (Fsp3) is 0.167. The molecule has 0 spiro atoms. The van der Waals surface area contributed by atoms with E-state index in [1.54, 1.807) is 36.4 Å². The Morgan fingerprint density at radius 1 is 1.17 bits per heavy atom. The highest BCUT2D eigenvalue weighted by molar-refractivity contribution is 6.03. The topological polar surface area (TPSA) is 71.7 Å². The van der Waals surface area contributed by atoms with Crippen molar-refractivity contribution in [2.45, 2.75) is 20.1 Å². The first-order valence-corrected chi connectivity index (χ1v) is 7.36. The van der Waals surface area contributed by atoms with Crippen LogP contribution in [0.15, 0.2) is 48.7 Å². The third kappa shape index (κ3) is 2.73. The van der Waals surface area contributed by atoms with Crippen LogP contribution in [-0.4, -0.2) is 20.7 Å². The molecule has 23 heavy (non-hydrogen) atoms. The third-order valence-corrected chi connectivity index (χ3v) is 3.80. The molecule has 1 aromatic heterocycles. The first kappa shape index (κ1) is 15.0. The van der Waals surface area contributed by atoms with Gasteiger partial charge in [-0.1, -0.05) is 24.3 Å². The fourth-order valence-electron chi connectivity index (χ4n) is 2.71. The molecule has 5 heteroatoms. The van der Waals surface area contributed by atoms with Gasteiger partial charge in [-0.3, -0.25) is 0 Å². The molecule has 2 N–H and O–H groups in total. The van der Waals surface area contributed by atoms with Crippen LogP contribution in [0, 0.1) is 0 Å². The van der Waals surface area contributed by atoms with Gasteiger partial charge in [0.2, 0.25) is 0 Å². The summed E-state index contributed by atoms with van der Waals surface area (Å²) in [4.78, 5) is 11.4. The predicted octanol–water partition coefficient (Wildman–Crippen LogP) is 3.64. The largest absolute Gasteiger partial charge is 0.504 e. The number of hydrogen-bond donors (Lipinski definition) is 2. The van der Waals surface area contributed by atoms with Crippen LogP contribution in [0.4, 0.5) is 0 Å². The normalized spacial score (nSPS) is 10.8. The molecule has 3 aromatic rings. The van der Waals surface area contributed by atoms with Crippen LogP contribution in [0.1, 0.15) is 22.8 Å². The maximum absolute atomic E-state index is 11.4. The average molecular weight is 311 g/mol. The summed E-state index contributed by atoms with van der Waals surface area (Å²) < 4.78 is 7.58. The van der Waals surface area contributed by atoms with Gasteiger partial charge >= 0.3 is 5.97 Å². The van der Waals surface area contributed by atoms with Crippen molar-refractivity contribution >= 4 is 16.9 Å². The van der Waals surface area contributed by atoms with E-state index in [1.807, 2.05) is 23.8 Å². The van der Waals surface area contributed by atoms with Gasteiger partial charge in [-0.2, -0.15) is 0 Å². The first-order chi connectivity index (χ1) is 11.1. The van der Waals surface area contributed by atoms with Crippen molar-refractivity contribution in [3.63, 3.8) is 0 Å². The Morgan fingerprint density at radius 3 is 2.65 bits per heavy atom. The van der Waals surface area contributed by atoms with Crippen LogP contribution in [0.3, 0.4) is 0 Å². The summed E-state index contributed by atoms with van der Waals surface area (Å²) in [6.07, 6.45) is 1.90. The fourth-order valence-corrected chi connectivity index (χ4v) is 2.71. The lowest BCUT2D eigenvalue weighted by Gasteiger charge is -2.07. The van der Waals surface area contributed by atoms with Crippen LogP contribution in [0.2, 0.25) is 0 Å². The van der Waals surface area contributed by atoms with Gasteiger partial charge in [-0.05, 0) is 25.1 Å². The molecule has 3 rings (SSSR count). The zero-order valence-corrected chi connectivity index (χ0v) is 12.7. The number of aromatic hydroxyl groups is 1. The number of para-hydroxylation sites is 3. The van der Waals surface area contributed by atoms with Gasteiger partial charge < -0.3 is 19.5 Å². The number of hydrogen-bond acceptors (Lipinski definition) is 3. The van der Waals surface area contributed by atoms with E-state index in [0.717, 1.165) is 10.9 Å². The van der Waals surface area contributed by atoms with E-state index in [-0.39, 0.29) is 17.9 Å². The number of carbonyl (C=O) groups is 1. The molecule has 0 atom stereocenters. The summed E-state index contributed by atoms with van der Waals surface area (Å²) in [6, 6.07) is 12.0. The summed E-state index contributed by atoms with van der Waals surface area (Å²) in [5.41, 5.74) is 1.85. The Labute approximate surface area is 133 Å². The number of fused-ring (bicyclic) bond motifs is 1. The Hall–Kier alpha value is -2.95. The zero-order chi connectivity index (χ0) is 16.4. The molecule has 0 bridgehead atoms. The van der Waals surface area contributed by atoms with Crippen molar-refractivity contribution in [2.75, 3.05) is 0 Å². The van der Waals surface area contributed by atoms with Crippen LogP contribution in [-0.2, 0) is 13.2 Å². The standard InChI is InChI=1S/C18H17NO4/c1-2-19-10-12(11-23-16-9-4-3-8-15(16)20)13-6-5-7-14(17(13)19)18(21)22/h3-10,20H,2,11H2,1H3,(H,21,22). The third-order valence-electron chi connectivity index (χ3n) is 3.80. The summed E-state index contributed by atoms with van der Waals surface area (Å²) >= 11 is 0. The van der Waals surface area contributed by atoms with E-state index >= 15 is 0 Å². The van der Waals surface area contributed by atoms with Crippen molar-refractivity contribution in [3.8, 4) is 11.5 Å². The monoisotopic (exact) mass is 311 g/mol. The molecular weight excluding hydrogens is 294 g/mol. The van der Waals surface area contributed by atoms with Crippen LogP contribution < -0.4 is 4.74 Å². The van der Waals surface area contributed by atoms with Gasteiger partial charge in [0.1, 0.15) is 6.61 Å². The molecule has 1 heterocycles. The van der Waals surface area contributed by atoms with E-state index < -0.39 is 5.97 Å². The van der Waals surface area contributed by atoms with E-state index in [1.165, 1.54) is 0 Å². The number of rotatable bonds is 5. The number of phenols is 1. The van der Waals surface area contributed by atoms with E-state index in [0.29, 0.717) is 17.8 Å². The lowest BCUT2D eigenvalue weighted by atomic mass is 10.1. The van der Waals surface area contributed by atoms with Gasteiger partial charge in [0, 0.05) is 23.7 Å².